The van der Waals surface area contributed by atoms with Crippen molar-refractivity contribution in [3.05, 3.63) is 48.2 Å². The number of anilines is 2. The van der Waals surface area contributed by atoms with E-state index in [1.54, 1.807) is 32.0 Å². The molecule has 2 saturated heterocycles. The van der Waals surface area contributed by atoms with Crippen molar-refractivity contribution < 1.29 is 36.2 Å². The second kappa shape index (κ2) is 12.9. The quantitative estimate of drug-likeness (QED) is 0.306. The summed E-state index contributed by atoms with van der Waals surface area (Å²) in [6.07, 6.45) is 0.564. The third-order valence-corrected chi connectivity index (χ3v) is 10.7. The fourth-order valence-electron chi connectivity index (χ4n) is 7.08. The lowest BCUT2D eigenvalue weighted by Crippen LogP contribution is -2.68. The summed E-state index contributed by atoms with van der Waals surface area (Å²) in [6.45, 7) is 5.79. The number of amides is 1. The van der Waals surface area contributed by atoms with E-state index in [9.17, 15) is 31.5 Å². The second-order valence-corrected chi connectivity index (χ2v) is 15.8. The summed E-state index contributed by atoms with van der Waals surface area (Å²) < 4.78 is 71.9. The fraction of sp³-hybridized carbons (Fsp3) is 0.514. The number of carbonyl (C=O) groups is 1. The summed E-state index contributed by atoms with van der Waals surface area (Å²) >= 11 is 0. The van der Waals surface area contributed by atoms with Gasteiger partial charge in [0, 0.05) is 59.9 Å². The highest BCUT2D eigenvalue weighted by atomic mass is 32.2. The molecule has 1 saturated carbocycles. The second-order valence-electron chi connectivity index (χ2n) is 13.8. The fourth-order valence-corrected chi connectivity index (χ4v) is 7.72. The van der Waals surface area contributed by atoms with E-state index in [1.807, 2.05) is 6.07 Å². The minimum Gasteiger partial charge on any atom is -0.506 e. The maximum Gasteiger partial charge on any atom is 0.406 e. The summed E-state index contributed by atoms with van der Waals surface area (Å²) in [4.78, 5) is 16.8. The molecule has 0 atom stereocenters. The molecule has 2 N–H and O–H groups in total. The van der Waals surface area contributed by atoms with Crippen molar-refractivity contribution in [1.82, 2.24) is 9.47 Å². The van der Waals surface area contributed by atoms with Gasteiger partial charge in [0.25, 0.3) is 0 Å². The van der Waals surface area contributed by atoms with E-state index in [0.717, 1.165) is 74.6 Å². The Balaban J connectivity index is 1.23. The highest BCUT2D eigenvalue weighted by Gasteiger charge is 2.50. The average Bonchev–Trinajstić information content (AvgIpc) is 3.30. The third kappa shape index (κ3) is 7.16. The van der Waals surface area contributed by atoms with Crippen LogP contribution >= 0.6 is 0 Å². The van der Waals surface area contributed by atoms with Gasteiger partial charge in [-0.15, -0.1) is 0 Å². The minimum atomic E-state index is -4.50. The molecule has 1 spiro atoms. The van der Waals surface area contributed by atoms with E-state index in [4.69, 9.17) is 4.74 Å². The van der Waals surface area contributed by atoms with Crippen molar-refractivity contribution in [2.75, 3.05) is 49.3 Å². The minimum absolute atomic E-state index is 0.0538. The summed E-state index contributed by atoms with van der Waals surface area (Å²) in [5.74, 6) is 4.38. The SMILES string of the molecule is CC(C)C(=O)N(CC#Cc1cc2c(N[C@H]3CC[C@H](N4CC5(COC5)C4)CC3)cccc2n1CC(F)(F)F)c1ccc(S(C)(=O)=O)cc1O. The van der Waals surface area contributed by atoms with E-state index in [1.165, 1.54) is 17.0 Å². The standard InChI is InChI=1S/C35H41F3N4O5S/c1-23(2)33(44)41(31-14-13-27(17-32(31)43)48(3,45)46)15-5-6-26-16-28-29(7-4-8-30(28)42(26)20-35(36,37)38)39-24-9-11-25(12-10-24)40-18-34(19-40)21-47-22-34/h4,7-8,13-14,16-17,23-25,39,43H,9-12,15,18-22H2,1-3H3/t24-,25-. The first-order chi connectivity index (χ1) is 22.6. The van der Waals surface area contributed by atoms with Gasteiger partial charge in [-0.1, -0.05) is 25.8 Å². The van der Waals surface area contributed by atoms with Gasteiger partial charge in [0.1, 0.15) is 12.3 Å². The maximum absolute atomic E-state index is 13.8. The zero-order chi connectivity index (χ0) is 34.4. The zero-order valence-corrected chi connectivity index (χ0v) is 28.1. The largest absolute Gasteiger partial charge is 0.506 e. The van der Waals surface area contributed by atoms with Crippen LogP contribution in [0.25, 0.3) is 10.9 Å². The predicted molar refractivity (Wildman–Crippen MR) is 178 cm³/mol. The maximum atomic E-state index is 13.8. The Hall–Kier alpha value is -3.73. The van der Waals surface area contributed by atoms with Crippen LogP contribution in [0.2, 0.25) is 0 Å². The van der Waals surface area contributed by atoms with Gasteiger partial charge < -0.3 is 19.7 Å². The van der Waals surface area contributed by atoms with E-state index in [-0.39, 0.29) is 28.9 Å². The molecular formula is C35H41F3N4O5S. The number of ether oxygens (including phenoxy) is 1. The Bertz CT molecular complexity index is 1860. The lowest BCUT2D eigenvalue weighted by Gasteiger charge is -2.58. The Morgan fingerprint density at radius 3 is 2.42 bits per heavy atom. The highest BCUT2D eigenvalue weighted by molar-refractivity contribution is 7.90. The van der Waals surface area contributed by atoms with Crippen molar-refractivity contribution in [3.8, 4) is 17.6 Å². The summed E-state index contributed by atoms with van der Waals surface area (Å²) in [5, 5.41) is 14.9. The van der Waals surface area contributed by atoms with Gasteiger partial charge >= 0.3 is 6.18 Å². The van der Waals surface area contributed by atoms with E-state index in [0.29, 0.717) is 22.4 Å². The van der Waals surface area contributed by atoms with E-state index in [2.05, 4.69) is 22.1 Å². The number of nitrogens with one attached hydrogen (secondary N) is 1. The number of likely N-dealkylation sites (tertiary alicyclic amines) is 1. The van der Waals surface area contributed by atoms with Crippen LogP contribution in [0.1, 0.15) is 45.2 Å². The number of phenols is 1. The molecule has 3 fully saturated rings. The molecule has 13 heteroatoms. The first-order valence-electron chi connectivity index (χ1n) is 16.2. The molecule has 3 aliphatic rings. The number of rotatable bonds is 8. The number of hydrogen-bond acceptors (Lipinski definition) is 7. The normalized spacial score (nSPS) is 21.0. The van der Waals surface area contributed by atoms with Crippen molar-refractivity contribution in [1.29, 1.82) is 0 Å². The monoisotopic (exact) mass is 686 g/mol. The van der Waals surface area contributed by atoms with Crippen molar-refractivity contribution in [3.63, 3.8) is 0 Å². The third-order valence-electron chi connectivity index (χ3n) is 9.63. The van der Waals surface area contributed by atoms with Crippen LogP contribution in [0.15, 0.2) is 47.4 Å². The molecule has 0 unspecified atom stereocenters. The highest BCUT2D eigenvalue weighted by Crippen LogP contribution is 2.41. The molecule has 1 aliphatic carbocycles. The number of nitrogens with zero attached hydrogens (tertiary/aromatic N) is 3. The molecule has 3 heterocycles. The number of fused-ring (bicyclic) bond motifs is 1. The molecule has 3 aromatic rings. The predicted octanol–water partition coefficient (Wildman–Crippen LogP) is 5.41. The zero-order valence-electron chi connectivity index (χ0n) is 27.3. The van der Waals surface area contributed by atoms with Gasteiger partial charge in [0.2, 0.25) is 5.91 Å². The number of halogens is 3. The number of sulfone groups is 1. The number of benzene rings is 2. The Morgan fingerprint density at radius 2 is 1.83 bits per heavy atom. The lowest BCUT2D eigenvalue weighted by atomic mass is 9.75. The first kappa shape index (κ1) is 34.1. The number of hydrogen-bond donors (Lipinski definition) is 2. The summed E-state index contributed by atoms with van der Waals surface area (Å²) in [5.41, 5.74) is 1.72. The summed E-state index contributed by atoms with van der Waals surface area (Å²) in [6, 6.07) is 11.3. The first-order valence-corrected chi connectivity index (χ1v) is 18.1. The van der Waals surface area contributed by atoms with E-state index < -0.39 is 40.1 Å². The van der Waals surface area contributed by atoms with Gasteiger partial charge in [-0.2, -0.15) is 13.2 Å². The molecule has 0 bridgehead atoms. The van der Waals surface area contributed by atoms with Gasteiger partial charge in [-0.05, 0) is 61.9 Å². The molecular weight excluding hydrogens is 645 g/mol. The average molecular weight is 687 g/mol. The number of aromatic hydroxyl groups is 1. The molecule has 48 heavy (non-hydrogen) atoms. The van der Waals surface area contributed by atoms with Crippen LogP contribution in [0.3, 0.4) is 0 Å². The Kier molecular flexibility index (Phi) is 9.21. The van der Waals surface area contributed by atoms with Gasteiger partial charge in [0.15, 0.2) is 9.84 Å². The molecule has 6 rings (SSSR count). The van der Waals surface area contributed by atoms with Crippen molar-refractivity contribution >= 4 is 38.0 Å². The summed E-state index contributed by atoms with van der Waals surface area (Å²) in [7, 11) is -3.61. The Labute approximate surface area is 278 Å². The van der Waals surface area contributed by atoms with Crippen LogP contribution in [0, 0.1) is 23.2 Å². The number of aromatic nitrogens is 1. The number of phenolic OH excluding ortho intramolecular Hbond substituents is 1. The molecule has 1 aromatic heterocycles. The Morgan fingerprint density at radius 1 is 1.12 bits per heavy atom. The van der Waals surface area contributed by atoms with E-state index >= 15 is 0 Å². The molecule has 9 nitrogen and oxygen atoms in total. The van der Waals surface area contributed by atoms with Crippen molar-refractivity contribution in [2.45, 2.75) is 69.2 Å². The van der Waals surface area contributed by atoms with Crippen LogP contribution in [-0.4, -0.2) is 86.3 Å². The molecule has 2 aromatic carbocycles. The van der Waals surface area contributed by atoms with Gasteiger partial charge in [0.05, 0.1) is 41.6 Å². The smallest absolute Gasteiger partial charge is 0.406 e. The molecule has 1 amide bonds. The molecule has 0 radical (unpaired) electrons. The van der Waals surface area contributed by atoms with Crippen LogP contribution < -0.4 is 10.2 Å². The van der Waals surface area contributed by atoms with Gasteiger partial charge in [-0.3, -0.25) is 14.6 Å². The number of alkyl halides is 3. The lowest BCUT2D eigenvalue weighted by molar-refractivity contribution is -0.200. The molecule has 258 valence electrons. The topological polar surface area (TPSA) is 104 Å². The van der Waals surface area contributed by atoms with Crippen LogP contribution in [0.5, 0.6) is 5.75 Å². The van der Waals surface area contributed by atoms with Crippen LogP contribution in [0.4, 0.5) is 24.5 Å². The number of carbonyl (C=O) groups excluding carboxylic acids is 1. The van der Waals surface area contributed by atoms with Gasteiger partial charge in [-0.25, -0.2) is 8.42 Å². The van der Waals surface area contributed by atoms with Crippen LogP contribution in [-0.2, 0) is 25.9 Å². The molecule has 2 aliphatic heterocycles. The van der Waals surface area contributed by atoms with Crippen molar-refractivity contribution in [2.24, 2.45) is 11.3 Å².